The van der Waals surface area contributed by atoms with Gasteiger partial charge in [-0.15, -0.1) is 0 Å². The van der Waals surface area contributed by atoms with Gasteiger partial charge in [0.2, 0.25) is 0 Å². The van der Waals surface area contributed by atoms with E-state index in [9.17, 15) is 9.90 Å². The lowest BCUT2D eigenvalue weighted by molar-refractivity contribution is 0.107. The van der Waals surface area contributed by atoms with Crippen LogP contribution in [0, 0.1) is 5.92 Å². The molecule has 1 N–H and O–H groups in total. The largest absolute Gasteiger partial charge is 0.418 e. The molecule has 0 radical (unpaired) electrons. The first-order valence-electron chi connectivity index (χ1n) is 7.73. The monoisotopic (exact) mass is 305 g/mol. The molecule has 0 aliphatic carbocycles. The number of benzene rings is 1. The first-order valence-corrected chi connectivity index (χ1v) is 7.73. The van der Waals surface area contributed by atoms with Gasteiger partial charge in [-0.25, -0.2) is 4.79 Å². The highest BCUT2D eigenvalue weighted by atomic mass is 16.5. The van der Waals surface area contributed by atoms with Gasteiger partial charge >= 0.3 is 6.09 Å². The van der Waals surface area contributed by atoms with Gasteiger partial charge in [-0.05, 0) is 39.3 Å². The highest BCUT2D eigenvalue weighted by Gasteiger charge is 2.21. The molecule has 0 saturated carbocycles. The SMILES string of the molecule is CC(C)N(C(=O)O/C=C/[C@@H](C)[C@@H](O)c1ccccc1)C(C)C. The van der Waals surface area contributed by atoms with E-state index in [1.165, 1.54) is 6.26 Å². The number of carbonyl (C=O) groups excluding carboxylic acids is 1. The molecule has 22 heavy (non-hydrogen) atoms. The van der Waals surface area contributed by atoms with Gasteiger partial charge < -0.3 is 14.7 Å². The van der Waals surface area contributed by atoms with Crippen LogP contribution in [-0.2, 0) is 4.74 Å². The minimum absolute atomic E-state index is 0.0771. The number of aliphatic hydroxyl groups excluding tert-OH is 1. The lowest BCUT2D eigenvalue weighted by atomic mass is 9.98. The van der Waals surface area contributed by atoms with Gasteiger partial charge in [0.15, 0.2) is 0 Å². The molecular formula is C18H27NO3. The zero-order chi connectivity index (χ0) is 16.7. The van der Waals surface area contributed by atoms with Gasteiger partial charge in [-0.1, -0.05) is 37.3 Å². The molecule has 1 amide bonds. The molecule has 0 aliphatic rings. The molecule has 4 nitrogen and oxygen atoms in total. The molecule has 1 aromatic carbocycles. The third kappa shape index (κ3) is 5.19. The first-order chi connectivity index (χ1) is 10.3. The number of hydrogen-bond acceptors (Lipinski definition) is 3. The van der Waals surface area contributed by atoms with Gasteiger partial charge in [0.05, 0.1) is 12.4 Å². The lowest BCUT2D eigenvalue weighted by Crippen LogP contribution is -2.41. The van der Waals surface area contributed by atoms with Crippen LogP contribution in [-0.4, -0.2) is 28.2 Å². The molecule has 0 unspecified atom stereocenters. The van der Waals surface area contributed by atoms with E-state index in [0.717, 1.165) is 5.56 Å². The van der Waals surface area contributed by atoms with Crippen LogP contribution in [0.15, 0.2) is 42.7 Å². The summed E-state index contributed by atoms with van der Waals surface area (Å²) >= 11 is 0. The van der Waals surface area contributed by atoms with Crippen molar-refractivity contribution in [3.63, 3.8) is 0 Å². The zero-order valence-corrected chi connectivity index (χ0v) is 14.1. The average molecular weight is 305 g/mol. The standard InChI is InChI=1S/C18H27NO3/c1-13(2)19(14(3)4)18(21)22-12-11-15(5)17(20)16-9-7-6-8-10-16/h6-15,17,20H,1-5H3/b12-11+/t15-,17-/m1/s1. The summed E-state index contributed by atoms with van der Waals surface area (Å²) in [5.41, 5.74) is 0.844. The molecular weight excluding hydrogens is 278 g/mol. The van der Waals surface area contributed by atoms with Crippen molar-refractivity contribution in [1.82, 2.24) is 4.90 Å². The highest BCUT2D eigenvalue weighted by Crippen LogP contribution is 2.22. The summed E-state index contributed by atoms with van der Waals surface area (Å²) in [6.07, 6.45) is 2.08. The average Bonchev–Trinajstić information content (AvgIpc) is 2.46. The van der Waals surface area contributed by atoms with Crippen molar-refractivity contribution < 1.29 is 14.6 Å². The highest BCUT2D eigenvalue weighted by molar-refractivity contribution is 5.68. The Hall–Kier alpha value is -1.81. The second kappa shape index (κ2) is 8.59. The van der Waals surface area contributed by atoms with Crippen molar-refractivity contribution in [2.45, 2.75) is 52.8 Å². The number of amides is 1. The normalized spacial score (nSPS) is 14.4. The van der Waals surface area contributed by atoms with Gasteiger partial charge in [0.25, 0.3) is 0 Å². The summed E-state index contributed by atoms with van der Waals surface area (Å²) in [5, 5.41) is 10.2. The Bertz CT molecular complexity index is 474. The molecule has 0 aliphatic heterocycles. The van der Waals surface area contributed by atoms with Crippen molar-refractivity contribution >= 4 is 6.09 Å². The summed E-state index contributed by atoms with van der Waals surface area (Å²) in [5.74, 6) is -0.151. The zero-order valence-electron chi connectivity index (χ0n) is 14.1. The second-order valence-corrected chi connectivity index (χ2v) is 6.02. The number of carbonyl (C=O) groups is 1. The molecule has 0 heterocycles. The van der Waals surface area contributed by atoms with E-state index in [0.29, 0.717) is 0 Å². The van der Waals surface area contributed by atoms with Gasteiger partial charge in [0, 0.05) is 18.0 Å². The first kappa shape index (κ1) is 18.2. The predicted molar refractivity (Wildman–Crippen MR) is 88.3 cm³/mol. The van der Waals surface area contributed by atoms with Crippen molar-refractivity contribution in [3.05, 3.63) is 48.2 Å². The maximum Gasteiger partial charge on any atom is 0.415 e. The summed E-state index contributed by atoms with van der Waals surface area (Å²) in [4.78, 5) is 13.7. The third-order valence-electron chi connectivity index (χ3n) is 3.51. The molecule has 4 heteroatoms. The molecule has 0 fully saturated rings. The van der Waals surface area contributed by atoms with E-state index in [1.807, 2.05) is 65.0 Å². The Morgan fingerprint density at radius 3 is 2.14 bits per heavy atom. The van der Waals surface area contributed by atoms with Crippen LogP contribution in [0.2, 0.25) is 0 Å². The Morgan fingerprint density at radius 2 is 1.64 bits per heavy atom. The quantitative estimate of drug-likeness (QED) is 0.804. The molecule has 0 aromatic heterocycles. The fraction of sp³-hybridized carbons (Fsp3) is 0.500. The van der Waals surface area contributed by atoms with E-state index >= 15 is 0 Å². The number of nitrogens with zero attached hydrogens (tertiary/aromatic N) is 1. The smallest absolute Gasteiger partial charge is 0.415 e. The van der Waals surface area contributed by atoms with Crippen LogP contribution in [0.3, 0.4) is 0 Å². The Balaban J connectivity index is 2.59. The molecule has 122 valence electrons. The van der Waals surface area contributed by atoms with Crippen LogP contribution in [0.25, 0.3) is 0 Å². The van der Waals surface area contributed by atoms with Crippen LogP contribution in [0.5, 0.6) is 0 Å². The maximum absolute atomic E-state index is 12.0. The Morgan fingerprint density at radius 1 is 1.09 bits per heavy atom. The van der Waals surface area contributed by atoms with E-state index < -0.39 is 6.10 Å². The fourth-order valence-corrected chi connectivity index (χ4v) is 2.36. The van der Waals surface area contributed by atoms with Crippen molar-refractivity contribution in [3.8, 4) is 0 Å². The number of ether oxygens (including phenoxy) is 1. The lowest BCUT2D eigenvalue weighted by Gasteiger charge is -2.29. The summed E-state index contributed by atoms with van der Waals surface area (Å²) in [6.45, 7) is 9.68. The molecule has 1 rings (SSSR count). The van der Waals surface area contributed by atoms with E-state index in [2.05, 4.69) is 0 Å². The van der Waals surface area contributed by atoms with Crippen molar-refractivity contribution in [2.24, 2.45) is 5.92 Å². The van der Waals surface area contributed by atoms with E-state index in [4.69, 9.17) is 4.74 Å². The second-order valence-electron chi connectivity index (χ2n) is 6.02. The Labute approximate surface area is 133 Å². The summed E-state index contributed by atoms with van der Waals surface area (Å²) < 4.78 is 5.18. The fourth-order valence-electron chi connectivity index (χ4n) is 2.36. The predicted octanol–water partition coefficient (Wildman–Crippen LogP) is 4.13. The molecule has 0 spiro atoms. The van der Waals surface area contributed by atoms with Crippen LogP contribution in [0.1, 0.15) is 46.3 Å². The molecule has 1 aromatic rings. The number of hydrogen-bond donors (Lipinski definition) is 1. The third-order valence-corrected chi connectivity index (χ3v) is 3.51. The topological polar surface area (TPSA) is 49.8 Å². The number of rotatable bonds is 6. The van der Waals surface area contributed by atoms with Crippen molar-refractivity contribution in [1.29, 1.82) is 0 Å². The molecule has 2 atom stereocenters. The van der Waals surface area contributed by atoms with Gasteiger partial charge in [-0.3, -0.25) is 0 Å². The minimum Gasteiger partial charge on any atom is -0.418 e. The number of aliphatic hydroxyl groups is 1. The van der Waals surface area contributed by atoms with E-state index in [1.54, 1.807) is 11.0 Å². The van der Waals surface area contributed by atoms with Crippen molar-refractivity contribution in [2.75, 3.05) is 0 Å². The van der Waals surface area contributed by atoms with Crippen LogP contribution in [0.4, 0.5) is 4.79 Å². The summed E-state index contributed by atoms with van der Waals surface area (Å²) in [6, 6.07) is 9.59. The maximum atomic E-state index is 12.0. The minimum atomic E-state index is -0.623. The van der Waals surface area contributed by atoms with Crippen LogP contribution < -0.4 is 0 Å². The molecule has 0 bridgehead atoms. The van der Waals surface area contributed by atoms with Gasteiger partial charge in [0.1, 0.15) is 0 Å². The van der Waals surface area contributed by atoms with Gasteiger partial charge in [-0.2, -0.15) is 0 Å². The van der Waals surface area contributed by atoms with Crippen LogP contribution >= 0.6 is 0 Å². The Kier molecular flexibility index (Phi) is 7.12. The van der Waals surface area contributed by atoms with E-state index in [-0.39, 0.29) is 24.1 Å². The summed E-state index contributed by atoms with van der Waals surface area (Å²) in [7, 11) is 0. The molecule has 0 saturated heterocycles.